The van der Waals surface area contributed by atoms with Crippen molar-refractivity contribution < 1.29 is 14.2 Å². The molecular weight excluding hydrogens is 508 g/mol. The third kappa shape index (κ3) is 9.47. The summed E-state index contributed by atoms with van der Waals surface area (Å²) in [4.78, 5) is 13.2. The molecule has 0 spiro atoms. The second kappa shape index (κ2) is 16.0. The highest BCUT2D eigenvalue weighted by atomic mass is 16.5. The summed E-state index contributed by atoms with van der Waals surface area (Å²) >= 11 is 0. The molecule has 0 unspecified atom stereocenters. The maximum atomic E-state index is 9.50. The highest BCUT2D eigenvalue weighted by Crippen LogP contribution is 2.25. The lowest BCUT2D eigenvalue weighted by Crippen LogP contribution is -2.32. The van der Waals surface area contributed by atoms with E-state index in [1.807, 2.05) is 6.92 Å². The number of rotatable bonds is 14. The van der Waals surface area contributed by atoms with Crippen LogP contribution >= 0.6 is 0 Å². The Morgan fingerprint density at radius 2 is 2.02 bits per heavy atom. The number of nitrogens with two attached hydrogens (primary N) is 3. The van der Waals surface area contributed by atoms with E-state index in [9.17, 15) is 5.26 Å². The fourth-order valence-electron chi connectivity index (χ4n) is 4.14. The van der Waals surface area contributed by atoms with Crippen molar-refractivity contribution in [3.63, 3.8) is 0 Å². The molecule has 2 fully saturated rings. The van der Waals surface area contributed by atoms with Crippen molar-refractivity contribution in [2.24, 2.45) is 38.1 Å². The zero-order valence-electron chi connectivity index (χ0n) is 23.1. The topological polar surface area (TPSA) is 179 Å². The molecule has 2 aliphatic rings. The van der Waals surface area contributed by atoms with Crippen LogP contribution in [0.15, 0.2) is 63.4 Å². The first-order valence-corrected chi connectivity index (χ1v) is 13.5. The van der Waals surface area contributed by atoms with E-state index in [1.165, 1.54) is 31.8 Å². The molecule has 1 aliphatic carbocycles. The molecule has 0 amide bonds. The first-order valence-electron chi connectivity index (χ1n) is 13.5. The van der Waals surface area contributed by atoms with Crippen LogP contribution in [0.25, 0.3) is 5.57 Å². The summed E-state index contributed by atoms with van der Waals surface area (Å²) in [5, 5.41) is 12.6. The molecule has 7 N–H and O–H groups in total. The van der Waals surface area contributed by atoms with Crippen molar-refractivity contribution in [2.75, 3.05) is 26.4 Å². The first kappa shape index (κ1) is 30.2. The molecule has 0 aromatic heterocycles. The fourth-order valence-corrected chi connectivity index (χ4v) is 4.14. The molecular formula is C29H40N8O3. The minimum absolute atomic E-state index is 0.222. The Kier molecular flexibility index (Phi) is 12.1. The summed E-state index contributed by atoms with van der Waals surface area (Å²) in [5.74, 6) is 1.28. The summed E-state index contributed by atoms with van der Waals surface area (Å²) in [7, 11) is 0. The van der Waals surface area contributed by atoms with Gasteiger partial charge in [0, 0.05) is 23.9 Å². The zero-order valence-corrected chi connectivity index (χ0v) is 23.1. The van der Waals surface area contributed by atoms with Crippen molar-refractivity contribution in [2.45, 2.75) is 51.2 Å². The molecule has 214 valence electrons. The molecule has 0 radical (unpaired) electrons. The van der Waals surface area contributed by atoms with Gasteiger partial charge in [0.25, 0.3) is 0 Å². The lowest BCUT2D eigenvalue weighted by molar-refractivity contribution is -0.0617. The average Bonchev–Trinajstić information content (AvgIpc) is 2.94. The van der Waals surface area contributed by atoms with Crippen molar-refractivity contribution in [3.05, 3.63) is 59.5 Å². The van der Waals surface area contributed by atoms with Crippen LogP contribution in [0.1, 0.15) is 50.2 Å². The number of allylic oxidation sites excluding steroid dienone is 2. The maximum absolute atomic E-state index is 9.50. The maximum Gasteiger partial charge on any atom is 0.210 e. The van der Waals surface area contributed by atoms with E-state index in [2.05, 4.69) is 27.9 Å². The molecule has 0 bridgehead atoms. The average molecular weight is 549 g/mol. The third-order valence-corrected chi connectivity index (χ3v) is 6.49. The summed E-state index contributed by atoms with van der Waals surface area (Å²) in [5.41, 5.74) is 19.7. The van der Waals surface area contributed by atoms with E-state index >= 15 is 0 Å². The molecule has 1 aromatic carbocycles. The van der Waals surface area contributed by atoms with Crippen LogP contribution < -0.4 is 27.3 Å². The van der Waals surface area contributed by atoms with E-state index in [4.69, 9.17) is 36.4 Å². The largest absolute Gasteiger partial charge is 0.487 e. The molecule has 1 aromatic rings. The van der Waals surface area contributed by atoms with Gasteiger partial charge >= 0.3 is 0 Å². The van der Waals surface area contributed by atoms with Crippen LogP contribution in [0.5, 0.6) is 5.75 Å². The van der Waals surface area contributed by atoms with Gasteiger partial charge in [-0.15, -0.1) is 0 Å². The molecule has 1 saturated carbocycles. The van der Waals surface area contributed by atoms with E-state index in [-0.39, 0.29) is 18.0 Å². The normalized spacial score (nSPS) is 18.4. The Labute approximate surface area is 236 Å². The monoisotopic (exact) mass is 548 g/mol. The van der Waals surface area contributed by atoms with Gasteiger partial charge in [0.05, 0.1) is 50.5 Å². The van der Waals surface area contributed by atoms with Crippen LogP contribution in [-0.2, 0) is 9.47 Å². The fraction of sp³-hybridized carbons (Fsp3) is 0.448. The van der Waals surface area contributed by atoms with Crippen LogP contribution in [0.2, 0.25) is 0 Å². The zero-order chi connectivity index (χ0) is 28.7. The minimum Gasteiger partial charge on any atom is -0.487 e. The van der Waals surface area contributed by atoms with E-state index in [0.29, 0.717) is 66.3 Å². The van der Waals surface area contributed by atoms with Gasteiger partial charge in [0.15, 0.2) is 0 Å². The van der Waals surface area contributed by atoms with Crippen LogP contribution in [0.3, 0.4) is 0 Å². The van der Waals surface area contributed by atoms with Gasteiger partial charge in [-0.05, 0) is 37.5 Å². The number of nitriles is 1. The van der Waals surface area contributed by atoms with Crippen LogP contribution in [0, 0.1) is 17.2 Å². The second-order valence-corrected chi connectivity index (χ2v) is 9.78. The number of hydrogen-bond donors (Lipinski definition) is 4. The predicted octanol–water partition coefficient (Wildman–Crippen LogP) is 2.94. The summed E-state index contributed by atoms with van der Waals surface area (Å²) in [6.45, 7) is 8.01. The number of hydrogen-bond acceptors (Lipinski definition) is 10. The van der Waals surface area contributed by atoms with Gasteiger partial charge in [-0.3, -0.25) is 9.98 Å². The van der Waals surface area contributed by atoms with Gasteiger partial charge < -0.3 is 36.7 Å². The Hall–Kier alpha value is -4.30. The number of nitrogens with zero attached hydrogens (tertiary/aromatic N) is 4. The van der Waals surface area contributed by atoms with E-state index in [0.717, 1.165) is 12.8 Å². The van der Waals surface area contributed by atoms with Crippen LogP contribution in [-0.4, -0.2) is 57.3 Å². The van der Waals surface area contributed by atoms with Gasteiger partial charge in [-0.2, -0.15) is 5.26 Å². The second-order valence-electron chi connectivity index (χ2n) is 9.78. The van der Waals surface area contributed by atoms with Crippen molar-refractivity contribution in [1.82, 2.24) is 5.32 Å². The van der Waals surface area contributed by atoms with Gasteiger partial charge in [0.2, 0.25) is 5.88 Å². The van der Waals surface area contributed by atoms with Crippen molar-refractivity contribution in [1.29, 1.82) is 5.26 Å². The lowest BCUT2D eigenvalue weighted by Gasteiger charge is -2.26. The smallest absolute Gasteiger partial charge is 0.210 e. The molecule has 11 heteroatoms. The summed E-state index contributed by atoms with van der Waals surface area (Å²) < 4.78 is 16.9. The summed E-state index contributed by atoms with van der Waals surface area (Å²) in [6.07, 6.45) is 11.4. The quantitative estimate of drug-likeness (QED) is 0.156. The highest BCUT2D eigenvalue weighted by Gasteiger charge is 2.20. The molecule has 1 saturated heterocycles. The Morgan fingerprint density at radius 1 is 1.25 bits per heavy atom. The number of aliphatic imine (C=N–C) groups is 3. The third-order valence-electron chi connectivity index (χ3n) is 6.49. The predicted molar refractivity (Wildman–Crippen MR) is 159 cm³/mol. The van der Waals surface area contributed by atoms with Gasteiger partial charge in [0.1, 0.15) is 29.4 Å². The number of benzene rings is 1. The van der Waals surface area contributed by atoms with Crippen LogP contribution in [0.4, 0.5) is 0 Å². The molecule has 1 heterocycles. The number of ether oxygens (including phenoxy) is 3. The molecule has 1 aliphatic heterocycles. The Bertz CT molecular complexity index is 1190. The lowest BCUT2D eigenvalue weighted by atomic mass is 9.96. The summed E-state index contributed by atoms with van der Waals surface area (Å²) in [6, 6.07) is 7.58. The standard InChI is InChI=1S/C29H40N8O3/c1-20(13-34-19-32)40-28-10-23(8-9-24(28)11-30)25(12-31)14-35-21(2)37-27(15-36-26-6-4-3-5-7-26)29(33)39-18-22-16-38-17-22/h8-10,12,14-15,19-20,22,26,37H,2-7,13,16-18,31,33H2,1H3,(H2,32,34)/b25-12+,29-27-,35-14-,36-15?/t20-/m0/s1. The van der Waals surface area contributed by atoms with Crippen molar-refractivity contribution in [3.8, 4) is 11.8 Å². The minimum atomic E-state index is -0.282. The highest BCUT2D eigenvalue weighted by molar-refractivity contribution is 6.10. The number of nitrogens with one attached hydrogen (secondary N) is 1. The molecule has 3 rings (SSSR count). The van der Waals surface area contributed by atoms with Gasteiger partial charge in [-0.1, -0.05) is 31.9 Å². The molecule has 40 heavy (non-hydrogen) atoms. The molecule has 11 nitrogen and oxygen atoms in total. The Morgan fingerprint density at radius 3 is 2.67 bits per heavy atom. The van der Waals surface area contributed by atoms with Gasteiger partial charge in [-0.25, -0.2) is 4.99 Å². The van der Waals surface area contributed by atoms with E-state index in [1.54, 1.807) is 30.6 Å². The Balaban J connectivity index is 1.72. The van der Waals surface area contributed by atoms with E-state index < -0.39 is 0 Å². The van der Waals surface area contributed by atoms with Crippen molar-refractivity contribution >= 4 is 24.3 Å². The first-order chi connectivity index (χ1) is 19.4. The SMILES string of the molecule is C=C(/N=C\C(=C/N)c1ccc(C#N)c(O[C@@H](C)CN=CN)c1)N/C(C=NC1CCCCC1)=C(/N)OCC1COC1. The molecule has 1 atom stereocenters.